The lowest BCUT2D eigenvalue weighted by atomic mass is 10.1. The smallest absolute Gasteiger partial charge is 0.274 e. The van der Waals surface area contributed by atoms with Crippen molar-refractivity contribution in [3.8, 4) is 5.75 Å². The second kappa shape index (κ2) is 8.13. The number of rotatable bonds is 5. The van der Waals surface area contributed by atoms with Gasteiger partial charge in [0.2, 0.25) is 0 Å². The highest BCUT2D eigenvalue weighted by Crippen LogP contribution is 2.14. The minimum atomic E-state index is -0.423. The van der Waals surface area contributed by atoms with Gasteiger partial charge in [0.1, 0.15) is 17.3 Å². The summed E-state index contributed by atoms with van der Waals surface area (Å²) >= 11 is 2.19. The van der Waals surface area contributed by atoms with Crippen LogP contribution in [0.15, 0.2) is 59.4 Å². The van der Waals surface area contributed by atoms with Gasteiger partial charge in [0.15, 0.2) is 0 Å². The first-order chi connectivity index (χ1) is 12.5. The van der Waals surface area contributed by atoms with Crippen molar-refractivity contribution in [1.29, 1.82) is 0 Å². The van der Waals surface area contributed by atoms with E-state index in [1.807, 2.05) is 36.4 Å². The number of H-pyrrole nitrogens is 1. The molecule has 0 aliphatic carbocycles. The highest BCUT2D eigenvalue weighted by molar-refractivity contribution is 14.1. The number of nitrogens with zero attached hydrogens (tertiary/aromatic N) is 1. The number of carbonyl (C=O) groups is 1. The first-order valence-corrected chi connectivity index (χ1v) is 8.91. The van der Waals surface area contributed by atoms with Crippen molar-refractivity contribution in [2.75, 3.05) is 12.4 Å². The fraction of sp³-hybridized carbons (Fsp3) is 0.105. The first kappa shape index (κ1) is 18.1. The highest BCUT2D eigenvalue weighted by Gasteiger charge is 2.11. The minimum Gasteiger partial charge on any atom is -0.497 e. The van der Waals surface area contributed by atoms with Gasteiger partial charge in [0, 0.05) is 21.7 Å². The van der Waals surface area contributed by atoms with Crippen molar-refractivity contribution in [2.24, 2.45) is 0 Å². The van der Waals surface area contributed by atoms with E-state index in [0.29, 0.717) is 17.9 Å². The molecule has 0 fully saturated rings. The summed E-state index contributed by atoms with van der Waals surface area (Å²) in [5, 5.41) is 2.74. The van der Waals surface area contributed by atoms with E-state index in [9.17, 15) is 9.59 Å². The zero-order valence-electron chi connectivity index (χ0n) is 14.0. The lowest BCUT2D eigenvalue weighted by Crippen LogP contribution is -2.20. The molecule has 132 valence electrons. The van der Waals surface area contributed by atoms with Crippen LogP contribution in [0.25, 0.3) is 0 Å². The van der Waals surface area contributed by atoms with Crippen molar-refractivity contribution in [1.82, 2.24) is 9.97 Å². The van der Waals surface area contributed by atoms with Crippen molar-refractivity contribution in [3.05, 3.63) is 85.6 Å². The third-order valence-electron chi connectivity index (χ3n) is 3.66. The molecule has 0 radical (unpaired) electrons. The molecule has 1 aromatic heterocycles. The summed E-state index contributed by atoms with van der Waals surface area (Å²) in [5.41, 5.74) is 1.31. The molecule has 2 aromatic carbocycles. The van der Waals surface area contributed by atoms with E-state index in [1.165, 1.54) is 6.07 Å². The summed E-state index contributed by atoms with van der Waals surface area (Å²) in [5.74, 6) is 0.754. The summed E-state index contributed by atoms with van der Waals surface area (Å²) in [7, 11) is 1.60. The molecule has 7 heteroatoms. The predicted octanol–water partition coefficient (Wildman–Crippen LogP) is 3.23. The molecule has 0 aliphatic heterocycles. The summed E-state index contributed by atoms with van der Waals surface area (Å²) in [6.45, 7) is 0. The van der Waals surface area contributed by atoms with Gasteiger partial charge in [-0.1, -0.05) is 12.1 Å². The van der Waals surface area contributed by atoms with E-state index < -0.39 is 5.91 Å². The molecule has 0 spiro atoms. The first-order valence-electron chi connectivity index (χ1n) is 7.83. The SMILES string of the molecule is COc1ccc(Cc2nc(C(=O)Nc3ccc(I)cc3)cc(=O)[nH]2)cc1. The molecule has 1 amide bonds. The van der Waals surface area contributed by atoms with Crippen LogP contribution >= 0.6 is 22.6 Å². The number of carbonyl (C=O) groups excluding carboxylic acids is 1. The number of hydrogen-bond acceptors (Lipinski definition) is 4. The fourth-order valence-electron chi connectivity index (χ4n) is 2.37. The number of nitrogens with one attached hydrogen (secondary N) is 2. The molecule has 26 heavy (non-hydrogen) atoms. The Kier molecular flexibility index (Phi) is 5.67. The van der Waals surface area contributed by atoms with Crippen LogP contribution in [0.4, 0.5) is 5.69 Å². The van der Waals surface area contributed by atoms with Gasteiger partial charge in [-0.05, 0) is 64.6 Å². The Labute approximate surface area is 163 Å². The van der Waals surface area contributed by atoms with Crippen molar-refractivity contribution < 1.29 is 9.53 Å². The average molecular weight is 461 g/mol. The average Bonchev–Trinajstić information content (AvgIpc) is 2.64. The molecule has 0 saturated heterocycles. The number of aromatic amines is 1. The number of aromatic nitrogens is 2. The Morgan fingerprint density at radius 3 is 2.50 bits per heavy atom. The summed E-state index contributed by atoms with van der Waals surface area (Å²) in [4.78, 5) is 31.3. The third kappa shape index (κ3) is 4.69. The third-order valence-corrected chi connectivity index (χ3v) is 4.38. The van der Waals surface area contributed by atoms with Crippen LogP contribution in [-0.4, -0.2) is 23.0 Å². The van der Waals surface area contributed by atoms with E-state index in [1.54, 1.807) is 19.2 Å². The molecule has 0 unspecified atom stereocenters. The normalized spacial score (nSPS) is 10.4. The zero-order valence-corrected chi connectivity index (χ0v) is 16.1. The Balaban J connectivity index is 1.78. The Hall–Kier alpha value is -2.68. The predicted molar refractivity (Wildman–Crippen MR) is 108 cm³/mol. The number of methoxy groups -OCH3 is 1. The second-order valence-electron chi connectivity index (χ2n) is 5.56. The van der Waals surface area contributed by atoms with Crippen LogP contribution < -0.4 is 15.6 Å². The van der Waals surface area contributed by atoms with Crippen molar-refractivity contribution in [3.63, 3.8) is 0 Å². The molecule has 3 aromatic rings. The maximum Gasteiger partial charge on any atom is 0.274 e. The van der Waals surface area contributed by atoms with Gasteiger partial charge < -0.3 is 15.0 Å². The summed E-state index contributed by atoms with van der Waals surface area (Å²) in [6.07, 6.45) is 0.407. The molecule has 3 rings (SSSR count). The van der Waals surface area contributed by atoms with Gasteiger partial charge in [-0.25, -0.2) is 4.98 Å². The Morgan fingerprint density at radius 2 is 1.85 bits per heavy atom. The van der Waals surface area contributed by atoms with Crippen molar-refractivity contribution >= 4 is 34.2 Å². The number of benzene rings is 2. The number of hydrogen-bond donors (Lipinski definition) is 2. The van der Waals surface area contributed by atoms with E-state index in [0.717, 1.165) is 14.9 Å². The van der Waals surface area contributed by atoms with Gasteiger partial charge in [-0.2, -0.15) is 0 Å². The van der Waals surface area contributed by atoms with Gasteiger partial charge in [-0.15, -0.1) is 0 Å². The number of halogens is 1. The van der Waals surface area contributed by atoms with Gasteiger partial charge in [-0.3, -0.25) is 9.59 Å². The maximum atomic E-state index is 12.4. The largest absolute Gasteiger partial charge is 0.497 e. The van der Waals surface area contributed by atoms with Gasteiger partial charge >= 0.3 is 0 Å². The zero-order chi connectivity index (χ0) is 18.5. The topological polar surface area (TPSA) is 84.1 Å². The molecule has 2 N–H and O–H groups in total. The fourth-order valence-corrected chi connectivity index (χ4v) is 2.73. The number of amides is 1. The van der Waals surface area contributed by atoms with Crippen LogP contribution in [0.2, 0.25) is 0 Å². The second-order valence-corrected chi connectivity index (χ2v) is 6.81. The van der Waals surface area contributed by atoms with Crippen LogP contribution in [-0.2, 0) is 6.42 Å². The quantitative estimate of drug-likeness (QED) is 0.572. The Bertz CT molecular complexity index is 967. The number of anilines is 1. The standard InChI is InChI=1S/C19H16IN3O3/c1-26-15-8-2-12(3-9-15)10-17-22-16(11-18(24)23-17)19(25)21-14-6-4-13(20)5-7-14/h2-9,11H,10H2,1H3,(H,21,25)(H,22,23,24). The van der Waals surface area contributed by atoms with Crippen molar-refractivity contribution in [2.45, 2.75) is 6.42 Å². The minimum absolute atomic E-state index is 0.0795. The number of ether oxygens (including phenoxy) is 1. The maximum absolute atomic E-state index is 12.4. The van der Waals surface area contributed by atoms with Crippen LogP contribution in [0.3, 0.4) is 0 Å². The van der Waals surface area contributed by atoms with Gasteiger partial charge in [0.25, 0.3) is 11.5 Å². The summed E-state index contributed by atoms with van der Waals surface area (Å²) in [6, 6.07) is 16.0. The van der Waals surface area contributed by atoms with Crippen LogP contribution in [0.5, 0.6) is 5.75 Å². The molecule has 0 aliphatic rings. The Morgan fingerprint density at radius 1 is 1.15 bits per heavy atom. The lowest BCUT2D eigenvalue weighted by Gasteiger charge is -2.07. The van der Waals surface area contributed by atoms with Crippen LogP contribution in [0, 0.1) is 3.57 Å². The molecule has 6 nitrogen and oxygen atoms in total. The molecule has 0 saturated carbocycles. The molecular formula is C19H16IN3O3. The van der Waals surface area contributed by atoms with Crippen LogP contribution in [0.1, 0.15) is 21.9 Å². The van der Waals surface area contributed by atoms with E-state index in [4.69, 9.17) is 4.74 Å². The summed E-state index contributed by atoms with van der Waals surface area (Å²) < 4.78 is 6.19. The highest BCUT2D eigenvalue weighted by atomic mass is 127. The molecule has 1 heterocycles. The van der Waals surface area contributed by atoms with E-state index in [-0.39, 0.29) is 11.3 Å². The monoisotopic (exact) mass is 461 g/mol. The molecule has 0 bridgehead atoms. The molecular weight excluding hydrogens is 445 g/mol. The molecule has 0 atom stereocenters. The lowest BCUT2D eigenvalue weighted by molar-refractivity contribution is 0.102. The van der Waals surface area contributed by atoms with E-state index in [2.05, 4.69) is 37.9 Å². The van der Waals surface area contributed by atoms with Gasteiger partial charge in [0.05, 0.1) is 7.11 Å². The van der Waals surface area contributed by atoms with E-state index >= 15 is 0 Å².